The molecule has 25 heavy (non-hydrogen) atoms. The Morgan fingerprint density at radius 1 is 1.24 bits per heavy atom. The highest BCUT2D eigenvalue weighted by Crippen LogP contribution is 2.38. The van der Waals surface area contributed by atoms with Crippen LogP contribution in [0.15, 0.2) is 42.7 Å². The summed E-state index contributed by atoms with van der Waals surface area (Å²) >= 11 is 1.45. The molecule has 5 nitrogen and oxygen atoms in total. The lowest BCUT2D eigenvalue weighted by atomic mass is 9.92. The van der Waals surface area contributed by atoms with Crippen molar-refractivity contribution in [3.05, 3.63) is 42.7 Å². The molecule has 1 amide bonds. The molecule has 0 aliphatic carbocycles. The molecule has 1 aromatic carbocycles. The van der Waals surface area contributed by atoms with Crippen molar-refractivity contribution in [2.45, 2.75) is 27.2 Å². The summed E-state index contributed by atoms with van der Waals surface area (Å²) < 4.78 is 1.96. The molecular formula is C19H22N4OS. The number of hydrogen-bond acceptors (Lipinski definition) is 4. The molecule has 3 aromatic rings. The molecule has 1 N–H and O–H groups in total. The van der Waals surface area contributed by atoms with E-state index in [1.54, 1.807) is 6.20 Å². The summed E-state index contributed by atoms with van der Waals surface area (Å²) in [5.41, 5.74) is 1.78. The monoisotopic (exact) mass is 354 g/mol. The highest BCUT2D eigenvalue weighted by atomic mass is 32.1. The largest absolute Gasteiger partial charge is 0.333 e. The maximum Gasteiger partial charge on any atom is 0.226 e. The van der Waals surface area contributed by atoms with E-state index in [4.69, 9.17) is 0 Å². The van der Waals surface area contributed by atoms with E-state index >= 15 is 0 Å². The van der Waals surface area contributed by atoms with E-state index in [2.05, 4.69) is 15.3 Å². The van der Waals surface area contributed by atoms with Gasteiger partial charge in [0.15, 0.2) is 11.0 Å². The lowest BCUT2D eigenvalue weighted by Gasteiger charge is -2.16. The van der Waals surface area contributed by atoms with Gasteiger partial charge in [-0.1, -0.05) is 62.4 Å². The molecule has 0 fully saturated rings. The first kappa shape index (κ1) is 17.4. The van der Waals surface area contributed by atoms with Gasteiger partial charge in [-0.25, -0.2) is 9.97 Å². The van der Waals surface area contributed by atoms with Crippen LogP contribution in [0, 0.1) is 5.41 Å². The van der Waals surface area contributed by atoms with Crippen LogP contribution in [-0.2, 0) is 11.8 Å². The van der Waals surface area contributed by atoms with Crippen molar-refractivity contribution < 1.29 is 4.79 Å². The normalized spacial score (nSPS) is 11.5. The topological polar surface area (TPSA) is 59.8 Å². The molecule has 130 valence electrons. The molecule has 0 spiro atoms. The molecule has 0 aliphatic heterocycles. The summed E-state index contributed by atoms with van der Waals surface area (Å²) in [7, 11) is 1.95. The lowest BCUT2D eigenvalue weighted by Crippen LogP contribution is -2.19. The standard InChI is InChI=1S/C19H22N4OS/c1-19(2,3)12-14(24)21-18-22-15(13-8-6-5-7-9-13)16(25-18)17-20-10-11-23(17)4/h5-11H,12H2,1-4H3,(H,21,22,24). The van der Waals surface area contributed by atoms with Gasteiger partial charge in [0.2, 0.25) is 5.91 Å². The molecule has 2 aromatic heterocycles. The van der Waals surface area contributed by atoms with Crippen molar-refractivity contribution >= 4 is 22.4 Å². The van der Waals surface area contributed by atoms with Crippen LogP contribution in [0.1, 0.15) is 27.2 Å². The highest BCUT2D eigenvalue weighted by molar-refractivity contribution is 7.19. The van der Waals surface area contributed by atoms with Gasteiger partial charge in [0, 0.05) is 31.4 Å². The van der Waals surface area contributed by atoms with Crippen LogP contribution in [0.4, 0.5) is 5.13 Å². The number of hydrogen-bond donors (Lipinski definition) is 1. The molecule has 0 aliphatic rings. The summed E-state index contributed by atoms with van der Waals surface area (Å²) in [5.74, 6) is 0.819. The number of aryl methyl sites for hydroxylation is 1. The molecule has 0 saturated heterocycles. The number of amides is 1. The van der Waals surface area contributed by atoms with Gasteiger partial charge in [0.05, 0.1) is 10.6 Å². The first-order valence-corrected chi connectivity index (χ1v) is 8.99. The van der Waals surface area contributed by atoms with Crippen molar-refractivity contribution in [1.82, 2.24) is 14.5 Å². The Bertz CT molecular complexity index is 874. The Balaban J connectivity index is 1.98. The zero-order chi connectivity index (χ0) is 18.0. The fourth-order valence-electron chi connectivity index (χ4n) is 2.55. The van der Waals surface area contributed by atoms with Crippen LogP contribution in [0.2, 0.25) is 0 Å². The first-order valence-electron chi connectivity index (χ1n) is 8.17. The predicted octanol–water partition coefficient (Wildman–Crippen LogP) is 4.59. The molecule has 3 rings (SSSR count). The van der Waals surface area contributed by atoms with E-state index in [9.17, 15) is 4.79 Å². The number of nitrogens with zero attached hydrogens (tertiary/aromatic N) is 3. The molecular weight excluding hydrogens is 332 g/mol. The third-order valence-electron chi connectivity index (χ3n) is 3.64. The minimum atomic E-state index is -0.0634. The Kier molecular flexibility index (Phi) is 4.72. The Hall–Kier alpha value is -2.47. The second kappa shape index (κ2) is 6.80. The van der Waals surface area contributed by atoms with Gasteiger partial charge in [-0.05, 0) is 5.41 Å². The predicted molar refractivity (Wildman–Crippen MR) is 102 cm³/mol. The number of nitrogens with one attached hydrogen (secondary N) is 1. The quantitative estimate of drug-likeness (QED) is 0.746. The minimum Gasteiger partial charge on any atom is -0.333 e. The number of thiazole rings is 1. The second-order valence-electron chi connectivity index (χ2n) is 7.21. The Morgan fingerprint density at radius 2 is 1.96 bits per heavy atom. The number of imidazole rings is 1. The van der Waals surface area contributed by atoms with Gasteiger partial charge in [-0.15, -0.1) is 0 Å². The molecule has 0 bridgehead atoms. The van der Waals surface area contributed by atoms with Gasteiger partial charge in [0.25, 0.3) is 0 Å². The number of carbonyl (C=O) groups is 1. The summed E-state index contributed by atoms with van der Waals surface area (Å²) in [5, 5.41) is 3.54. The van der Waals surface area contributed by atoms with Crippen molar-refractivity contribution in [3.8, 4) is 22.0 Å². The lowest BCUT2D eigenvalue weighted by molar-refractivity contribution is -0.117. The van der Waals surface area contributed by atoms with E-state index in [-0.39, 0.29) is 11.3 Å². The zero-order valence-electron chi connectivity index (χ0n) is 14.9. The van der Waals surface area contributed by atoms with Crippen LogP contribution < -0.4 is 5.32 Å². The van der Waals surface area contributed by atoms with E-state index in [1.807, 2.05) is 68.9 Å². The van der Waals surface area contributed by atoms with Crippen molar-refractivity contribution in [3.63, 3.8) is 0 Å². The number of benzene rings is 1. The van der Waals surface area contributed by atoms with Gasteiger partial charge in [0.1, 0.15) is 0 Å². The summed E-state index contributed by atoms with van der Waals surface area (Å²) in [6.07, 6.45) is 4.12. The third-order valence-corrected chi connectivity index (χ3v) is 4.60. The zero-order valence-corrected chi connectivity index (χ0v) is 15.7. The van der Waals surface area contributed by atoms with Crippen LogP contribution in [0.3, 0.4) is 0 Å². The van der Waals surface area contributed by atoms with Gasteiger partial charge >= 0.3 is 0 Å². The van der Waals surface area contributed by atoms with Crippen molar-refractivity contribution in [2.75, 3.05) is 5.32 Å². The smallest absolute Gasteiger partial charge is 0.226 e. The van der Waals surface area contributed by atoms with Crippen LogP contribution in [0.5, 0.6) is 0 Å². The van der Waals surface area contributed by atoms with Gasteiger partial charge < -0.3 is 9.88 Å². The van der Waals surface area contributed by atoms with Crippen LogP contribution >= 0.6 is 11.3 Å². The highest BCUT2D eigenvalue weighted by Gasteiger charge is 2.21. The van der Waals surface area contributed by atoms with E-state index in [1.165, 1.54) is 11.3 Å². The Morgan fingerprint density at radius 3 is 2.56 bits per heavy atom. The minimum absolute atomic E-state index is 0.0211. The third kappa shape index (κ3) is 4.14. The number of anilines is 1. The van der Waals surface area contributed by atoms with E-state index in [0.717, 1.165) is 22.0 Å². The molecule has 2 heterocycles. The van der Waals surface area contributed by atoms with Crippen molar-refractivity contribution in [2.24, 2.45) is 12.5 Å². The second-order valence-corrected chi connectivity index (χ2v) is 8.21. The SMILES string of the molecule is Cn1ccnc1-c1sc(NC(=O)CC(C)(C)C)nc1-c1ccccc1. The van der Waals surface area contributed by atoms with Gasteiger partial charge in [-0.2, -0.15) is 0 Å². The average Bonchev–Trinajstić information content (AvgIpc) is 3.12. The Labute approximate surface area is 151 Å². The fraction of sp³-hybridized carbons (Fsp3) is 0.316. The van der Waals surface area contributed by atoms with Crippen LogP contribution in [0.25, 0.3) is 22.0 Å². The summed E-state index contributed by atoms with van der Waals surface area (Å²) in [6, 6.07) is 9.97. The molecule has 0 saturated carbocycles. The average molecular weight is 354 g/mol. The summed E-state index contributed by atoms with van der Waals surface area (Å²) in [6.45, 7) is 6.13. The van der Waals surface area contributed by atoms with Gasteiger partial charge in [-0.3, -0.25) is 4.79 Å². The molecule has 0 atom stereocenters. The maximum atomic E-state index is 12.3. The number of aromatic nitrogens is 3. The van der Waals surface area contributed by atoms with E-state index in [0.29, 0.717) is 11.6 Å². The van der Waals surface area contributed by atoms with Crippen LogP contribution in [-0.4, -0.2) is 20.4 Å². The first-order chi connectivity index (χ1) is 11.8. The molecule has 6 heteroatoms. The molecule has 0 unspecified atom stereocenters. The number of rotatable bonds is 4. The number of carbonyl (C=O) groups excluding carboxylic acids is 1. The van der Waals surface area contributed by atoms with Crippen molar-refractivity contribution in [1.29, 1.82) is 0 Å². The fourth-order valence-corrected chi connectivity index (χ4v) is 3.59. The summed E-state index contributed by atoms with van der Waals surface area (Å²) in [4.78, 5) is 22.3. The maximum absolute atomic E-state index is 12.3. The van der Waals surface area contributed by atoms with E-state index < -0.39 is 0 Å². The molecule has 0 radical (unpaired) electrons.